The summed E-state index contributed by atoms with van der Waals surface area (Å²) in [5.74, 6) is -0.349. The molecule has 1 heterocycles. The third kappa shape index (κ3) is 5.46. The second kappa shape index (κ2) is 10.1. The minimum absolute atomic E-state index is 0.0420. The number of hydrogen-bond acceptors (Lipinski definition) is 6. The lowest BCUT2D eigenvalue weighted by Gasteiger charge is -2.21. The average Bonchev–Trinajstić information content (AvgIpc) is 2.84. The van der Waals surface area contributed by atoms with Gasteiger partial charge in [-0.3, -0.25) is 4.79 Å². The summed E-state index contributed by atoms with van der Waals surface area (Å²) in [7, 11) is -3.04. The Morgan fingerprint density at radius 3 is 2.50 bits per heavy atom. The van der Waals surface area contributed by atoms with Crippen molar-refractivity contribution in [3.05, 3.63) is 78.1 Å². The van der Waals surface area contributed by atoms with Crippen LogP contribution in [-0.4, -0.2) is 40.7 Å². The Kier molecular flexibility index (Phi) is 6.99. The maximum Gasteiger partial charge on any atom is 0.245 e. The van der Waals surface area contributed by atoms with Gasteiger partial charge in [0.1, 0.15) is 35.7 Å². The molecule has 3 aromatic rings. The van der Waals surface area contributed by atoms with Gasteiger partial charge in [-0.15, -0.1) is 0 Å². The molecule has 0 fully saturated rings. The van der Waals surface area contributed by atoms with E-state index in [1.54, 1.807) is 42.5 Å². The molecular weight excluding hydrogens is 463 g/mol. The molecule has 34 heavy (non-hydrogen) atoms. The van der Waals surface area contributed by atoms with Crippen LogP contribution in [0.5, 0.6) is 17.2 Å². The molecule has 3 aromatic carbocycles. The number of nitrogens with one attached hydrogen (secondary N) is 2. The van der Waals surface area contributed by atoms with Crippen LogP contribution in [-0.2, 0) is 21.2 Å². The summed E-state index contributed by atoms with van der Waals surface area (Å²) in [5, 5.41) is 2.72. The number of hydrogen-bond donors (Lipinski definition) is 2. The van der Waals surface area contributed by atoms with Crippen LogP contribution in [0.4, 0.5) is 10.1 Å². The first-order chi connectivity index (χ1) is 16.4. The highest BCUT2D eigenvalue weighted by Gasteiger charge is 2.29. The molecule has 1 atom stereocenters. The Hall–Kier alpha value is -3.63. The summed E-state index contributed by atoms with van der Waals surface area (Å²) in [6.45, 7) is 0.819. The van der Waals surface area contributed by atoms with Crippen LogP contribution >= 0.6 is 0 Å². The fourth-order valence-corrected chi connectivity index (χ4v) is 4.88. The van der Waals surface area contributed by atoms with Crippen molar-refractivity contribution < 1.29 is 31.8 Å². The molecule has 0 radical (unpaired) electrons. The van der Waals surface area contributed by atoms with Crippen LogP contribution in [0.1, 0.15) is 5.56 Å². The molecule has 1 amide bonds. The number of halogens is 1. The highest BCUT2D eigenvalue weighted by Crippen LogP contribution is 2.32. The molecule has 10 heteroatoms. The number of carbonyl (C=O) groups excluding carboxylic acids is 1. The summed E-state index contributed by atoms with van der Waals surface area (Å²) >= 11 is 0. The van der Waals surface area contributed by atoms with Gasteiger partial charge in [0.15, 0.2) is 11.5 Å². The second-order valence-corrected chi connectivity index (χ2v) is 9.19. The number of ether oxygens (including phenoxy) is 3. The second-order valence-electron chi connectivity index (χ2n) is 7.51. The van der Waals surface area contributed by atoms with E-state index in [4.69, 9.17) is 14.2 Å². The fourth-order valence-electron chi connectivity index (χ4n) is 3.50. The summed E-state index contributed by atoms with van der Waals surface area (Å²) in [4.78, 5) is 12.8. The van der Waals surface area contributed by atoms with Crippen LogP contribution in [0.25, 0.3) is 0 Å². The molecule has 0 saturated carbocycles. The zero-order valence-corrected chi connectivity index (χ0v) is 19.1. The van der Waals surface area contributed by atoms with Gasteiger partial charge < -0.3 is 19.5 Å². The highest BCUT2D eigenvalue weighted by molar-refractivity contribution is 7.89. The topological polar surface area (TPSA) is 103 Å². The Morgan fingerprint density at radius 2 is 1.76 bits per heavy atom. The van der Waals surface area contributed by atoms with Gasteiger partial charge in [-0.25, -0.2) is 12.8 Å². The third-order valence-corrected chi connectivity index (χ3v) is 6.61. The monoisotopic (exact) mass is 486 g/mol. The lowest BCUT2D eigenvalue weighted by Crippen LogP contribution is -2.45. The van der Waals surface area contributed by atoms with Crippen LogP contribution in [0.3, 0.4) is 0 Å². The summed E-state index contributed by atoms with van der Waals surface area (Å²) in [5.41, 5.74) is 1.15. The van der Waals surface area contributed by atoms with Crippen LogP contribution < -0.4 is 24.2 Å². The average molecular weight is 487 g/mol. The minimum Gasteiger partial charge on any atom is -0.495 e. The van der Waals surface area contributed by atoms with E-state index >= 15 is 0 Å². The first-order valence-corrected chi connectivity index (χ1v) is 11.9. The highest BCUT2D eigenvalue weighted by atomic mass is 32.2. The Bertz CT molecular complexity index is 1280. The van der Waals surface area contributed by atoms with Gasteiger partial charge in [-0.1, -0.05) is 30.3 Å². The van der Waals surface area contributed by atoms with Gasteiger partial charge >= 0.3 is 0 Å². The molecule has 1 unspecified atom stereocenters. The number of fused-ring (bicyclic) bond motifs is 1. The number of carbonyl (C=O) groups is 1. The van der Waals surface area contributed by atoms with Crippen molar-refractivity contribution in [2.24, 2.45) is 0 Å². The van der Waals surface area contributed by atoms with Crippen molar-refractivity contribution in [1.82, 2.24) is 4.72 Å². The van der Waals surface area contributed by atoms with Crippen molar-refractivity contribution in [3.63, 3.8) is 0 Å². The molecule has 2 N–H and O–H groups in total. The van der Waals surface area contributed by atoms with E-state index in [-0.39, 0.29) is 12.2 Å². The summed E-state index contributed by atoms with van der Waals surface area (Å²) < 4.78 is 58.6. The molecule has 1 aliphatic rings. The predicted octanol–water partition coefficient (Wildman–Crippen LogP) is 3.13. The van der Waals surface area contributed by atoms with Crippen molar-refractivity contribution in [2.45, 2.75) is 17.4 Å². The van der Waals surface area contributed by atoms with Crippen LogP contribution in [0, 0.1) is 5.82 Å². The molecule has 0 aromatic heterocycles. The quantitative estimate of drug-likeness (QED) is 0.507. The number of anilines is 1. The number of amides is 1. The first kappa shape index (κ1) is 23.5. The smallest absolute Gasteiger partial charge is 0.245 e. The van der Waals surface area contributed by atoms with Gasteiger partial charge in [-0.05, 0) is 42.3 Å². The van der Waals surface area contributed by atoms with E-state index in [1.807, 2.05) is 6.07 Å². The van der Waals surface area contributed by atoms with Crippen molar-refractivity contribution in [2.75, 3.05) is 25.6 Å². The number of rotatable bonds is 8. The molecular formula is C24H23FN2O6S. The van der Waals surface area contributed by atoms with Crippen molar-refractivity contribution in [1.29, 1.82) is 0 Å². The molecule has 4 rings (SSSR count). The minimum atomic E-state index is -4.32. The van der Waals surface area contributed by atoms with E-state index in [0.717, 1.165) is 17.7 Å². The Labute approximate surface area is 196 Å². The maximum atomic E-state index is 13.8. The normalized spacial score (nSPS) is 13.7. The van der Waals surface area contributed by atoms with Crippen LogP contribution in [0.2, 0.25) is 0 Å². The Balaban J connectivity index is 1.61. The molecule has 178 valence electrons. The van der Waals surface area contributed by atoms with Crippen molar-refractivity contribution >= 4 is 21.6 Å². The van der Waals surface area contributed by atoms with Crippen molar-refractivity contribution in [3.8, 4) is 17.2 Å². The number of sulfonamides is 1. The van der Waals surface area contributed by atoms with E-state index in [0.29, 0.717) is 30.4 Å². The van der Waals surface area contributed by atoms with E-state index in [1.165, 1.54) is 13.2 Å². The van der Waals surface area contributed by atoms with E-state index in [2.05, 4.69) is 10.0 Å². The lowest BCUT2D eigenvalue weighted by atomic mass is 10.1. The zero-order chi connectivity index (χ0) is 24.1. The zero-order valence-electron chi connectivity index (χ0n) is 18.3. The van der Waals surface area contributed by atoms with E-state index in [9.17, 15) is 17.6 Å². The number of benzene rings is 3. The largest absolute Gasteiger partial charge is 0.495 e. The van der Waals surface area contributed by atoms with E-state index < -0.39 is 32.7 Å². The standard InChI is InChI=1S/C24H23FN2O6S/c1-31-21-9-7-17(25)14-23(21)34(29,30)27-19(13-16-5-3-2-4-6-16)24(28)26-18-8-10-20-22(15-18)33-12-11-32-20/h2-10,14-15,19,27H,11-13H2,1H3,(H,26,28). The van der Waals surface area contributed by atoms with Gasteiger partial charge in [0.05, 0.1) is 7.11 Å². The maximum absolute atomic E-state index is 13.8. The molecule has 1 aliphatic heterocycles. The van der Waals surface area contributed by atoms with Gasteiger partial charge in [-0.2, -0.15) is 4.72 Å². The molecule has 0 saturated heterocycles. The predicted molar refractivity (Wildman–Crippen MR) is 123 cm³/mol. The summed E-state index contributed by atoms with van der Waals surface area (Å²) in [6, 6.07) is 15.8. The SMILES string of the molecule is COc1ccc(F)cc1S(=O)(=O)NC(Cc1ccccc1)C(=O)Nc1ccc2c(c1)OCCO2. The van der Waals surface area contributed by atoms with Gasteiger partial charge in [0.25, 0.3) is 0 Å². The summed E-state index contributed by atoms with van der Waals surface area (Å²) in [6.07, 6.45) is 0.0636. The van der Waals surface area contributed by atoms with Crippen LogP contribution in [0.15, 0.2) is 71.6 Å². The van der Waals surface area contributed by atoms with Gasteiger partial charge in [0.2, 0.25) is 15.9 Å². The molecule has 0 bridgehead atoms. The fraction of sp³-hybridized carbons (Fsp3) is 0.208. The lowest BCUT2D eigenvalue weighted by molar-refractivity contribution is -0.117. The number of methoxy groups -OCH3 is 1. The first-order valence-electron chi connectivity index (χ1n) is 10.5. The molecule has 0 aliphatic carbocycles. The Morgan fingerprint density at radius 1 is 1.03 bits per heavy atom. The van der Waals surface area contributed by atoms with Gasteiger partial charge in [0, 0.05) is 11.8 Å². The third-order valence-electron chi connectivity index (χ3n) is 5.12. The molecule has 0 spiro atoms. The molecule has 8 nitrogen and oxygen atoms in total.